The van der Waals surface area contributed by atoms with Gasteiger partial charge < -0.3 is 0 Å². The molecule has 0 heterocycles. The second-order valence-corrected chi connectivity index (χ2v) is 5.68. The zero-order chi connectivity index (χ0) is 11.9. The van der Waals surface area contributed by atoms with Crippen molar-refractivity contribution in [2.24, 2.45) is 23.2 Å². The smallest absolute Gasteiger partial charge is 0.158 e. The number of rotatable bonds is 1. The number of ketones is 2. The van der Waals surface area contributed by atoms with Crippen LogP contribution in [0.1, 0.15) is 40.0 Å². The van der Waals surface area contributed by atoms with E-state index in [1.165, 1.54) is 0 Å². The second kappa shape index (κ2) is 3.83. The summed E-state index contributed by atoms with van der Waals surface area (Å²) in [6.07, 6.45) is 6.73. The summed E-state index contributed by atoms with van der Waals surface area (Å²) in [6, 6.07) is 0. The molecular formula is C14H20O2. The number of allylic oxidation sites excluding steroid dienone is 2. The van der Waals surface area contributed by atoms with Gasteiger partial charge in [-0.05, 0) is 43.6 Å². The third-order valence-electron chi connectivity index (χ3n) is 4.84. The molecule has 2 heteroatoms. The molecule has 0 N–H and O–H groups in total. The van der Waals surface area contributed by atoms with E-state index in [4.69, 9.17) is 0 Å². The maximum Gasteiger partial charge on any atom is 0.158 e. The first-order valence-electron chi connectivity index (χ1n) is 6.17. The highest BCUT2D eigenvalue weighted by molar-refractivity contribution is 5.93. The van der Waals surface area contributed by atoms with Crippen LogP contribution in [0, 0.1) is 23.2 Å². The van der Waals surface area contributed by atoms with Crippen LogP contribution in [0.4, 0.5) is 0 Å². The summed E-state index contributed by atoms with van der Waals surface area (Å²) in [5.74, 6) is 1.22. The lowest BCUT2D eigenvalue weighted by molar-refractivity contribution is -0.130. The molecule has 0 aliphatic heterocycles. The number of hydrogen-bond donors (Lipinski definition) is 0. The highest BCUT2D eigenvalue weighted by Gasteiger charge is 2.47. The summed E-state index contributed by atoms with van der Waals surface area (Å²) >= 11 is 0. The van der Waals surface area contributed by atoms with Crippen molar-refractivity contribution in [3.05, 3.63) is 12.2 Å². The van der Waals surface area contributed by atoms with Gasteiger partial charge in [-0.1, -0.05) is 19.9 Å². The van der Waals surface area contributed by atoms with Crippen molar-refractivity contribution in [1.29, 1.82) is 0 Å². The topological polar surface area (TPSA) is 34.1 Å². The fourth-order valence-electron chi connectivity index (χ4n) is 3.34. The number of carbonyl (C=O) groups excluding carboxylic acids is 2. The van der Waals surface area contributed by atoms with Gasteiger partial charge in [-0.25, -0.2) is 0 Å². The largest absolute Gasteiger partial charge is 0.300 e. The maximum atomic E-state index is 11.8. The Hall–Kier alpha value is -0.920. The van der Waals surface area contributed by atoms with Crippen molar-refractivity contribution >= 4 is 11.6 Å². The Balaban J connectivity index is 2.28. The standard InChI is InChI=1S/C14H20O2/c1-9-13(16)7-6-12-5-4-11(10(2)15)8-14(9,12)3/h6-7,9,11-12H,4-5,8H2,1-3H3/t9-,11-,12-,14+/m1/s1. The van der Waals surface area contributed by atoms with E-state index in [1.54, 1.807) is 13.0 Å². The summed E-state index contributed by atoms with van der Waals surface area (Å²) in [6.45, 7) is 5.87. The molecular weight excluding hydrogens is 200 g/mol. The van der Waals surface area contributed by atoms with E-state index in [1.807, 2.05) is 6.92 Å². The molecule has 0 unspecified atom stereocenters. The second-order valence-electron chi connectivity index (χ2n) is 5.68. The normalized spacial score (nSPS) is 42.9. The van der Waals surface area contributed by atoms with Gasteiger partial charge in [0.15, 0.2) is 5.78 Å². The van der Waals surface area contributed by atoms with Crippen molar-refractivity contribution in [2.45, 2.75) is 40.0 Å². The molecule has 1 fully saturated rings. The molecule has 0 radical (unpaired) electrons. The minimum Gasteiger partial charge on any atom is -0.300 e. The van der Waals surface area contributed by atoms with Crippen LogP contribution in [-0.4, -0.2) is 11.6 Å². The molecule has 2 nitrogen and oxygen atoms in total. The SMILES string of the molecule is CC(=O)[C@@H]1CC[C@@H]2C=CC(=O)[C@@H](C)[C@]2(C)C1. The lowest BCUT2D eigenvalue weighted by Gasteiger charge is -2.48. The zero-order valence-corrected chi connectivity index (χ0v) is 10.3. The predicted octanol–water partition coefficient (Wildman–Crippen LogP) is 2.77. The Bertz CT molecular complexity index is 356. The summed E-state index contributed by atoms with van der Waals surface area (Å²) in [4.78, 5) is 23.3. The molecule has 0 aromatic carbocycles. The minimum absolute atomic E-state index is 0.000417. The molecule has 16 heavy (non-hydrogen) atoms. The Labute approximate surface area is 97.1 Å². The molecule has 1 saturated carbocycles. The van der Waals surface area contributed by atoms with Crippen LogP contribution in [0.5, 0.6) is 0 Å². The van der Waals surface area contributed by atoms with E-state index in [9.17, 15) is 9.59 Å². The lowest BCUT2D eigenvalue weighted by atomic mass is 9.55. The van der Waals surface area contributed by atoms with Crippen LogP contribution < -0.4 is 0 Å². The minimum atomic E-state index is 0.000417. The maximum absolute atomic E-state index is 11.8. The molecule has 0 spiro atoms. The highest BCUT2D eigenvalue weighted by atomic mass is 16.1. The number of Topliss-reactive ketones (excluding diaryl/α,β-unsaturated/α-hetero) is 1. The molecule has 0 bridgehead atoms. The molecule has 2 rings (SSSR count). The van der Waals surface area contributed by atoms with E-state index in [2.05, 4.69) is 13.0 Å². The predicted molar refractivity (Wildman–Crippen MR) is 62.9 cm³/mol. The van der Waals surface area contributed by atoms with Crippen LogP contribution >= 0.6 is 0 Å². The first-order valence-corrected chi connectivity index (χ1v) is 6.17. The number of fused-ring (bicyclic) bond motifs is 1. The molecule has 2 aliphatic rings. The van der Waals surface area contributed by atoms with Gasteiger partial charge in [-0.3, -0.25) is 9.59 Å². The third kappa shape index (κ3) is 1.64. The van der Waals surface area contributed by atoms with Gasteiger partial charge in [0.25, 0.3) is 0 Å². The fourth-order valence-corrected chi connectivity index (χ4v) is 3.34. The van der Waals surface area contributed by atoms with Gasteiger partial charge in [0.2, 0.25) is 0 Å². The van der Waals surface area contributed by atoms with Gasteiger partial charge in [0, 0.05) is 11.8 Å². The quantitative estimate of drug-likeness (QED) is 0.681. The molecule has 0 saturated heterocycles. The first-order chi connectivity index (χ1) is 7.45. The van der Waals surface area contributed by atoms with E-state index in [0.717, 1.165) is 19.3 Å². The number of hydrogen-bond acceptors (Lipinski definition) is 2. The molecule has 2 aliphatic carbocycles. The van der Waals surface area contributed by atoms with Gasteiger partial charge >= 0.3 is 0 Å². The van der Waals surface area contributed by atoms with Gasteiger partial charge in [-0.2, -0.15) is 0 Å². The summed E-state index contributed by atoms with van der Waals surface area (Å²) in [5.41, 5.74) is 0.000417. The van der Waals surface area contributed by atoms with Crippen molar-refractivity contribution in [1.82, 2.24) is 0 Å². The Morgan fingerprint density at radius 1 is 1.44 bits per heavy atom. The zero-order valence-electron chi connectivity index (χ0n) is 10.3. The third-order valence-corrected chi connectivity index (χ3v) is 4.84. The summed E-state index contributed by atoms with van der Waals surface area (Å²) in [5, 5.41) is 0. The van der Waals surface area contributed by atoms with E-state index < -0.39 is 0 Å². The molecule has 0 aromatic rings. The Morgan fingerprint density at radius 3 is 2.75 bits per heavy atom. The van der Waals surface area contributed by atoms with Crippen LogP contribution in [0.15, 0.2) is 12.2 Å². The lowest BCUT2D eigenvalue weighted by Crippen LogP contribution is -2.45. The van der Waals surface area contributed by atoms with Crippen molar-refractivity contribution in [3.63, 3.8) is 0 Å². The van der Waals surface area contributed by atoms with Crippen LogP contribution in [-0.2, 0) is 9.59 Å². The van der Waals surface area contributed by atoms with Crippen LogP contribution in [0.25, 0.3) is 0 Å². The highest BCUT2D eigenvalue weighted by Crippen LogP contribution is 2.51. The van der Waals surface area contributed by atoms with Crippen molar-refractivity contribution in [3.8, 4) is 0 Å². The first kappa shape index (κ1) is 11.6. The molecule has 88 valence electrons. The van der Waals surface area contributed by atoms with Crippen LogP contribution in [0.2, 0.25) is 0 Å². The van der Waals surface area contributed by atoms with E-state index >= 15 is 0 Å². The average Bonchev–Trinajstić information content (AvgIpc) is 2.24. The van der Waals surface area contributed by atoms with Gasteiger partial charge in [0.1, 0.15) is 5.78 Å². The Morgan fingerprint density at radius 2 is 2.12 bits per heavy atom. The summed E-state index contributed by atoms with van der Waals surface area (Å²) < 4.78 is 0. The average molecular weight is 220 g/mol. The molecule has 4 atom stereocenters. The monoisotopic (exact) mass is 220 g/mol. The van der Waals surface area contributed by atoms with Crippen LogP contribution in [0.3, 0.4) is 0 Å². The number of carbonyl (C=O) groups is 2. The molecule has 0 amide bonds. The fraction of sp³-hybridized carbons (Fsp3) is 0.714. The van der Waals surface area contributed by atoms with Gasteiger partial charge in [-0.15, -0.1) is 0 Å². The van der Waals surface area contributed by atoms with E-state index in [0.29, 0.717) is 5.92 Å². The van der Waals surface area contributed by atoms with Crippen molar-refractivity contribution < 1.29 is 9.59 Å². The van der Waals surface area contributed by atoms with Gasteiger partial charge in [0.05, 0.1) is 0 Å². The van der Waals surface area contributed by atoms with Crippen molar-refractivity contribution in [2.75, 3.05) is 0 Å². The van der Waals surface area contributed by atoms with E-state index in [-0.39, 0.29) is 28.8 Å². The summed E-state index contributed by atoms with van der Waals surface area (Å²) in [7, 11) is 0. The molecule has 0 aromatic heterocycles. The Kier molecular flexibility index (Phi) is 2.77.